The van der Waals surface area contributed by atoms with Crippen LogP contribution in [-0.4, -0.2) is 44.5 Å². The maximum Gasteiger partial charge on any atom is 0.324 e. The van der Waals surface area contributed by atoms with Gasteiger partial charge in [-0.25, -0.2) is 17.2 Å². The topological polar surface area (TPSA) is 72.9 Å². The maximum absolute atomic E-state index is 13.8. The number of hydrogen-bond donors (Lipinski definition) is 0. The van der Waals surface area contributed by atoms with Gasteiger partial charge in [0, 0.05) is 6.42 Å². The molecule has 6 nitrogen and oxygen atoms in total. The van der Waals surface area contributed by atoms with E-state index in [1.165, 1.54) is 18.2 Å². The Kier molecular flexibility index (Phi) is 5.87. The smallest absolute Gasteiger partial charge is 0.324 e. The Labute approximate surface area is 165 Å². The zero-order valence-corrected chi connectivity index (χ0v) is 16.2. The van der Waals surface area contributed by atoms with Crippen molar-refractivity contribution in [3.05, 3.63) is 59.1 Å². The van der Waals surface area contributed by atoms with E-state index in [1.54, 1.807) is 6.07 Å². The second-order valence-corrected chi connectivity index (χ2v) is 8.39. The van der Waals surface area contributed by atoms with E-state index in [0.717, 1.165) is 29.6 Å². The summed E-state index contributed by atoms with van der Waals surface area (Å²) in [4.78, 5) is 11.9. The molecule has 1 saturated heterocycles. The van der Waals surface area contributed by atoms with E-state index >= 15 is 0 Å². The number of sulfonamides is 1. The van der Waals surface area contributed by atoms with Crippen molar-refractivity contribution in [3.8, 4) is 5.75 Å². The van der Waals surface area contributed by atoms with Crippen molar-refractivity contribution < 1.29 is 31.5 Å². The molecule has 150 valence electrons. The minimum atomic E-state index is -4.21. The fraction of sp³-hybridized carbons (Fsp3) is 0.278. The van der Waals surface area contributed by atoms with Gasteiger partial charge < -0.3 is 9.47 Å². The molecule has 2 unspecified atom stereocenters. The monoisotopic (exact) mass is 431 g/mol. The Morgan fingerprint density at radius 3 is 2.54 bits per heavy atom. The highest BCUT2D eigenvalue weighted by molar-refractivity contribution is 7.89. The van der Waals surface area contributed by atoms with Gasteiger partial charge in [0.05, 0.1) is 23.6 Å². The van der Waals surface area contributed by atoms with E-state index in [2.05, 4.69) is 0 Å². The molecule has 1 fully saturated rings. The fourth-order valence-corrected chi connectivity index (χ4v) is 4.85. The number of para-hydroxylation sites is 1. The third kappa shape index (κ3) is 3.96. The number of carbonyl (C=O) groups is 1. The first-order valence-electron chi connectivity index (χ1n) is 8.20. The van der Waals surface area contributed by atoms with Crippen molar-refractivity contribution in [2.45, 2.75) is 23.5 Å². The summed E-state index contributed by atoms with van der Waals surface area (Å²) < 4.78 is 64.4. The quantitative estimate of drug-likeness (QED) is 0.680. The zero-order chi connectivity index (χ0) is 20.5. The molecule has 0 amide bonds. The average molecular weight is 432 g/mol. The molecule has 1 aliphatic heterocycles. The molecule has 0 N–H and O–H groups in total. The molecular formula is C18H16ClF2NO5S. The van der Waals surface area contributed by atoms with Crippen LogP contribution >= 0.6 is 11.6 Å². The zero-order valence-electron chi connectivity index (χ0n) is 14.6. The predicted octanol–water partition coefficient (Wildman–Crippen LogP) is 3.00. The van der Waals surface area contributed by atoms with Crippen LogP contribution in [0.25, 0.3) is 0 Å². The van der Waals surface area contributed by atoms with Gasteiger partial charge in [-0.15, -0.1) is 0 Å². The number of benzene rings is 2. The van der Waals surface area contributed by atoms with Crippen molar-refractivity contribution in [3.63, 3.8) is 0 Å². The molecule has 2 atom stereocenters. The molecule has 1 aliphatic rings. The van der Waals surface area contributed by atoms with Crippen molar-refractivity contribution in [2.75, 3.05) is 13.7 Å². The summed E-state index contributed by atoms with van der Waals surface area (Å²) in [7, 11) is -3.08. The summed E-state index contributed by atoms with van der Waals surface area (Å²) in [6, 6.07) is 7.43. The summed E-state index contributed by atoms with van der Waals surface area (Å²) in [6.07, 6.45) is -0.818. The van der Waals surface area contributed by atoms with Gasteiger partial charge in [0.25, 0.3) is 0 Å². The first kappa shape index (κ1) is 20.5. The number of esters is 1. The van der Waals surface area contributed by atoms with E-state index in [0.29, 0.717) is 0 Å². The van der Waals surface area contributed by atoms with E-state index in [-0.39, 0.29) is 28.6 Å². The van der Waals surface area contributed by atoms with Gasteiger partial charge in [0.2, 0.25) is 10.0 Å². The second-order valence-electron chi connectivity index (χ2n) is 6.10. The third-order valence-corrected chi connectivity index (χ3v) is 6.48. The van der Waals surface area contributed by atoms with Gasteiger partial charge in [-0.05, 0) is 30.3 Å². The van der Waals surface area contributed by atoms with Crippen LogP contribution in [0.2, 0.25) is 5.02 Å². The molecule has 0 aliphatic carbocycles. The first-order chi connectivity index (χ1) is 13.2. The molecule has 0 radical (unpaired) electrons. The van der Waals surface area contributed by atoms with Crippen LogP contribution < -0.4 is 4.74 Å². The number of nitrogens with zero attached hydrogens (tertiary/aromatic N) is 1. The van der Waals surface area contributed by atoms with Crippen LogP contribution in [0.3, 0.4) is 0 Å². The molecule has 3 rings (SSSR count). The van der Waals surface area contributed by atoms with Crippen LogP contribution in [0.5, 0.6) is 5.75 Å². The molecule has 2 aromatic carbocycles. The molecular weight excluding hydrogens is 416 g/mol. The number of methoxy groups -OCH3 is 1. The lowest BCUT2D eigenvalue weighted by Gasteiger charge is -2.22. The summed E-state index contributed by atoms with van der Waals surface area (Å²) >= 11 is 5.69. The molecule has 0 spiro atoms. The fourth-order valence-electron chi connectivity index (χ4n) is 2.96. The third-order valence-electron chi connectivity index (χ3n) is 4.32. The maximum atomic E-state index is 13.8. The summed E-state index contributed by atoms with van der Waals surface area (Å²) in [5, 5.41) is -0.367. The van der Waals surface area contributed by atoms with Crippen LogP contribution in [0, 0.1) is 11.6 Å². The molecule has 2 aromatic rings. The highest BCUT2D eigenvalue weighted by Crippen LogP contribution is 2.31. The average Bonchev–Trinajstić information content (AvgIpc) is 3.10. The highest BCUT2D eigenvalue weighted by Gasteiger charge is 2.46. The lowest BCUT2D eigenvalue weighted by Crippen LogP contribution is -2.41. The Balaban J connectivity index is 1.91. The Morgan fingerprint density at radius 1 is 1.18 bits per heavy atom. The molecule has 0 bridgehead atoms. The largest absolute Gasteiger partial charge is 0.486 e. The van der Waals surface area contributed by atoms with Crippen molar-refractivity contribution in [2.24, 2.45) is 0 Å². The standard InChI is InChI=1S/C18H16ClF2NO5S/c1-26-18(23)16-8-11(27-17-5-3-2-4-15(17)21)10-22(16)28(24,25)12-6-7-14(20)13(19)9-12/h2-7,9,11,16H,8,10H2,1H3. The second kappa shape index (κ2) is 8.02. The van der Waals surface area contributed by atoms with E-state index < -0.39 is 39.8 Å². The Morgan fingerprint density at radius 2 is 1.89 bits per heavy atom. The van der Waals surface area contributed by atoms with Gasteiger partial charge >= 0.3 is 5.97 Å². The van der Waals surface area contributed by atoms with Crippen LogP contribution in [-0.2, 0) is 19.6 Å². The lowest BCUT2D eigenvalue weighted by molar-refractivity contribution is -0.144. The van der Waals surface area contributed by atoms with E-state index in [4.69, 9.17) is 21.1 Å². The first-order valence-corrected chi connectivity index (χ1v) is 10.0. The number of ether oxygens (including phenoxy) is 2. The number of hydrogen-bond acceptors (Lipinski definition) is 5. The van der Waals surface area contributed by atoms with Gasteiger partial charge in [0.15, 0.2) is 11.6 Å². The predicted molar refractivity (Wildman–Crippen MR) is 96.5 cm³/mol. The summed E-state index contributed by atoms with van der Waals surface area (Å²) in [5.74, 6) is -2.22. The van der Waals surface area contributed by atoms with Gasteiger partial charge in [-0.2, -0.15) is 4.31 Å². The van der Waals surface area contributed by atoms with E-state index in [1.807, 2.05) is 0 Å². The van der Waals surface area contributed by atoms with E-state index in [9.17, 15) is 22.0 Å². The van der Waals surface area contributed by atoms with Crippen molar-refractivity contribution >= 4 is 27.6 Å². The Bertz CT molecular complexity index is 1000. The molecule has 0 aromatic heterocycles. The van der Waals surface area contributed by atoms with Crippen molar-refractivity contribution in [1.82, 2.24) is 4.31 Å². The normalized spacial score (nSPS) is 20.1. The molecule has 10 heteroatoms. The number of carbonyl (C=O) groups excluding carboxylic acids is 1. The highest BCUT2D eigenvalue weighted by atomic mass is 35.5. The van der Waals surface area contributed by atoms with Gasteiger partial charge in [-0.1, -0.05) is 23.7 Å². The Hall–Kier alpha value is -2.23. The van der Waals surface area contributed by atoms with Gasteiger partial charge in [0.1, 0.15) is 18.0 Å². The van der Waals surface area contributed by atoms with Crippen molar-refractivity contribution in [1.29, 1.82) is 0 Å². The van der Waals surface area contributed by atoms with Crippen LogP contribution in [0.15, 0.2) is 47.4 Å². The van der Waals surface area contributed by atoms with Crippen LogP contribution in [0.1, 0.15) is 6.42 Å². The minimum Gasteiger partial charge on any atom is -0.486 e. The molecule has 28 heavy (non-hydrogen) atoms. The van der Waals surface area contributed by atoms with Crippen LogP contribution in [0.4, 0.5) is 8.78 Å². The number of rotatable bonds is 5. The molecule has 0 saturated carbocycles. The summed E-state index contributed by atoms with van der Waals surface area (Å²) in [6.45, 7) is -0.217. The lowest BCUT2D eigenvalue weighted by atomic mass is 10.2. The molecule has 1 heterocycles. The minimum absolute atomic E-state index is 0.0326. The number of halogens is 3. The van der Waals surface area contributed by atoms with Gasteiger partial charge in [-0.3, -0.25) is 4.79 Å². The summed E-state index contributed by atoms with van der Waals surface area (Å²) in [5.41, 5.74) is 0. The SMILES string of the molecule is COC(=O)C1CC(Oc2ccccc2F)CN1S(=O)(=O)c1ccc(F)c(Cl)c1.